The minimum atomic E-state index is -0.226. The predicted molar refractivity (Wildman–Crippen MR) is 72.9 cm³/mol. The highest BCUT2D eigenvalue weighted by Gasteiger charge is 2.32. The van der Waals surface area contributed by atoms with Gasteiger partial charge >= 0.3 is 0 Å². The summed E-state index contributed by atoms with van der Waals surface area (Å²) >= 11 is 3.44. The molecule has 0 amide bonds. The first kappa shape index (κ1) is 12.6. The van der Waals surface area contributed by atoms with Gasteiger partial charge in [0.15, 0.2) is 0 Å². The van der Waals surface area contributed by atoms with Crippen molar-refractivity contribution in [2.45, 2.75) is 37.6 Å². The van der Waals surface area contributed by atoms with Crippen LogP contribution in [0.3, 0.4) is 0 Å². The third-order valence-corrected chi connectivity index (χ3v) is 4.03. The van der Waals surface area contributed by atoms with E-state index in [4.69, 9.17) is 5.73 Å². The fourth-order valence-corrected chi connectivity index (χ4v) is 2.84. The normalized spacial score (nSPS) is 18.9. The van der Waals surface area contributed by atoms with E-state index in [0.717, 1.165) is 35.8 Å². The number of nitrogens with one attached hydrogen (secondary N) is 1. The smallest absolute Gasteiger partial charge is 0.0755 e. The molecule has 2 rings (SSSR count). The summed E-state index contributed by atoms with van der Waals surface area (Å²) in [5.74, 6) is 0. The molecule has 1 saturated carbocycles. The first-order chi connectivity index (χ1) is 8.17. The van der Waals surface area contributed by atoms with Crippen molar-refractivity contribution < 1.29 is 5.11 Å². The van der Waals surface area contributed by atoms with E-state index in [1.807, 2.05) is 0 Å². The van der Waals surface area contributed by atoms with Gasteiger partial charge in [0.2, 0.25) is 0 Å². The van der Waals surface area contributed by atoms with Gasteiger partial charge in [0, 0.05) is 6.20 Å². The lowest BCUT2D eigenvalue weighted by atomic mass is 9.82. The summed E-state index contributed by atoms with van der Waals surface area (Å²) in [5, 5.41) is 13.1. The van der Waals surface area contributed by atoms with Crippen LogP contribution in [0.1, 0.15) is 32.1 Å². The Hall–Kier alpha value is -0.810. The minimum Gasteiger partial charge on any atom is -0.396 e. The van der Waals surface area contributed by atoms with Crippen molar-refractivity contribution in [3.63, 3.8) is 0 Å². The molecule has 4 nitrogen and oxygen atoms in total. The highest BCUT2D eigenvalue weighted by atomic mass is 79.9. The molecule has 94 valence electrons. The summed E-state index contributed by atoms with van der Waals surface area (Å²) in [5.41, 5.74) is 7.14. The molecule has 0 unspecified atom stereocenters. The highest BCUT2D eigenvalue weighted by molar-refractivity contribution is 9.10. The molecule has 1 heterocycles. The number of nitrogens with two attached hydrogens (primary N) is 1. The van der Waals surface area contributed by atoms with Gasteiger partial charge in [-0.25, -0.2) is 0 Å². The molecule has 17 heavy (non-hydrogen) atoms. The van der Waals surface area contributed by atoms with Gasteiger partial charge in [-0.2, -0.15) is 0 Å². The van der Waals surface area contributed by atoms with Crippen LogP contribution in [-0.4, -0.2) is 22.2 Å². The molecule has 1 aromatic heterocycles. The molecule has 0 radical (unpaired) electrons. The van der Waals surface area contributed by atoms with Crippen molar-refractivity contribution >= 4 is 27.3 Å². The van der Waals surface area contributed by atoms with Crippen molar-refractivity contribution in [3.05, 3.63) is 16.9 Å². The number of nitrogens with zero attached hydrogens (tertiary/aromatic N) is 1. The monoisotopic (exact) mass is 299 g/mol. The number of pyridine rings is 1. The van der Waals surface area contributed by atoms with Gasteiger partial charge in [0.05, 0.1) is 34.2 Å². The Bertz CT molecular complexity index is 371. The second kappa shape index (κ2) is 5.23. The van der Waals surface area contributed by atoms with E-state index >= 15 is 0 Å². The molecular formula is C12H18BrN3O. The van der Waals surface area contributed by atoms with Gasteiger partial charge in [-0.05, 0) is 28.8 Å². The molecule has 5 heteroatoms. The van der Waals surface area contributed by atoms with Crippen LogP contribution in [0.2, 0.25) is 0 Å². The molecular weight excluding hydrogens is 282 g/mol. The van der Waals surface area contributed by atoms with E-state index in [1.54, 1.807) is 12.4 Å². The maximum Gasteiger partial charge on any atom is 0.0755 e. The second-order valence-electron chi connectivity index (χ2n) is 4.71. The molecule has 1 fully saturated rings. The Balaban J connectivity index is 2.23. The average molecular weight is 300 g/mol. The topological polar surface area (TPSA) is 71.2 Å². The third-order valence-electron chi connectivity index (χ3n) is 3.43. The lowest BCUT2D eigenvalue weighted by Crippen LogP contribution is -2.44. The van der Waals surface area contributed by atoms with Gasteiger partial charge in [0.1, 0.15) is 0 Å². The number of hydrogen-bond donors (Lipinski definition) is 3. The standard InChI is InChI=1S/C12H18BrN3O/c13-9-6-15-7-10(14)11(9)16-12(8-17)4-2-1-3-5-12/h6-7,17H,1-5,8,14H2,(H,15,16). The van der Waals surface area contributed by atoms with Crippen molar-refractivity contribution in [1.82, 2.24) is 4.98 Å². The lowest BCUT2D eigenvalue weighted by molar-refractivity contribution is 0.173. The van der Waals surface area contributed by atoms with Crippen molar-refractivity contribution in [1.29, 1.82) is 0 Å². The van der Waals surface area contributed by atoms with Gasteiger partial charge in [0.25, 0.3) is 0 Å². The summed E-state index contributed by atoms with van der Waals surface area (Å²) in [6.07, 6.45) is 8.85. The largest absolute Gasteiger partial charge is 0.396 e. The number of anilines is 2. The van der Waals surface area contributed by atoms with Crippen LogP contribution in [0.15, 0.2) is 16.9 Å². The van der Waals surface area contributed by atoms with Crippen LogP contribution >= 0.6 is 15.9 Å². The fraction of sp³-hybridized carbons (Fsp3) is 0.583. The minimum absolute atomic E-state index is 0.140. The number of rotatable bonds is 3. The van der Waals surface area contributed by atoms with E-state index in [1.165, 1.54) is 6.42 Å². The molecule has 0 spiro atoms. The fourth-order valence-electron chi connectivity index (χ4n) is 2.40. The van der Waals surface area contributed by atoms with E-state index in [9.17, 15) is 5.11 Å². The van der Waals surface area contributed by atoms with Crippen molar-refractivity contribution in [2.24, 2.45) is 0 Å². The van der Waals surface area contributed by atoms with E-state index in [2.05, 4.69) is 26.2 Å². The summed E-state index contributed by atoms with van der Waals surface area (Å²) < 4.78 is 0.843. The summed E-state index contributed by atoms with van der Waals surface area (Å²) in [6.45, 7) is 0.140. The van der Waals surface area contributed by atoms with Crippen LogP contribution in [0.5, 0.6) is 0 Å². The number of aromatic nitrogens is 1. The second-order valence-corrected chi connectivity index (χ2v) is 5.56. The van der Waals surface area contributed by atoms with Crippen molar-refractivity contribution in [3.8, 4) is 0 Å². The molecule has 1 aromatic rings. The molecule has 0 aromatic carbocycles. The maximum atomic E-state index is 9.65. The first-order valence-electron chi connectivity index (χ1n) is 5.95. The molecule has 1 aliphatic rings. The molecule has 0 saturated heterocycles. The first-order valence-corrected chi connectivity index (χ1v) is 6.74. The summed E-state index contributed by atoms with van der Waals surface area (Å²) in [6, 6.07) is 0. The Morgan fingerprint density at radius 1 is 1.35 bits per heavy atom. The van der Waals surface area contributed by atoms with Gasteiger partial charge in [-0.1, -0.05) is 19.3 Å². The zero-order chi connectivity index (χ0) is 12.3. The number of aliphatic hydroxyl groups excluding tert-OH is 1. The van der Waals surface area contributed by atoms with Gasteiger partial charge in [-0.15, -0.1) is 0 Å². The Kier molecular flexibility index (Phi) is 3.89. The molecule has 0 atom stereocenters. The van der Waals surface area contributed by atoms with Crippen LogP contribution in [0.4, 0.5) is 11.4 Å². The van der Waals surface area contributed by atoms with Crippen LogP contribution < -0.4 is 11.1 Å². The van der Waals surface area contributed by atoms with Crippen LogP contribution in [0.25, 0.3) is 0 Å². The van der Waals surface area contributed by atoms with Gasteiger partial charge in [-0.3, -0.25) is 4.98 Å². The molecule has 0 bridgehead atoms. The summed E-state index contributed by atoms with van der Waals surface area (Å²) in [7, 11) is 0. The Morgan fingerprint density at radius 2 is 2.06 bits per heavy atom. The Morgan fingerprint density at radius 3 is 2.65 bits per heavy atom. The highest BCUT2D eigenvalue weighted by Crippen LogP contribution is 2.36. The molecule has 1 aliphatic carbocycles. The van der Waals surface area contributed by atoms with Crippen LogP contribution in [-0.2, 0) is 0 Å². The lowest BCUT2D eigenvalue weighted by Gasteiger charge is -2.38. The van der Waals surface area contributed by atoms with E-state index in [0.29, 0.717) is 5.69 Å². The van der Waals surface area contributed by atoms with E-state index in [-0.39, 0.29) is 12.1 Å². The SMILES string of the molecule is Nc1cncc(Br)c1NC1(CO)CCCCC1. The average Bonchev–Trinajstić information content (AvgIpc) is 2.35. The van der Waals surface area contributed by atoms with E-state index < -0.39 is 0 Å². The summed E-state index contributed by atoms with van der Waals surface area (Å²) in [4.78, 5) is 4.01. The zero-order valence-corrected chi connectivity index (χ0v) is 11.3. The predicted octanol–water partition coefficient (Wildman–Crippen LogP) is 2.53. The van der Waals surface area contributed by atoms with Gasteiger partial charge < -0.3 is 16.2 Å². The quantitative estimate of drug-likeness (QED) is 0.802. The van der Waals surface area contributed by atoms with Crippen molar-refractivity contribution in [2.75, 3.05) is 17.7 Å². The van der Waals surface area contributed by atoms with Crippen LogP contribution in [0, 0.1) is 0 Å². The number of nitrogen functional groups attached to an aromatic ring is 1. The Labute approximate surface area is 110 Å². The molecule has 4 N–H and O–H groups in total. The number of aliphatic hydroxyl groups is 1. The third kappa shape index (κ3) is 2.72. The number of halogens is 1. The zero-order valence-electron chi connectivity index (χ0n) is 9.75. The number of hydrogen-bond acceptors (Lipinski definition) is 4. The maximum absolute atomic E-state index is 9.65. The molecule has 0 aliphatic heterocycles.